The molecule has 1 aromatic carbocycles. The van der Waals surface area contributed by atoms with Gasteiger partial charge in [-0.2, -0.15) is 0 Å². The summed E-state index contributed by atoms with van der Waals surface area (Å²) in [5, 5.41) is 3.47. The first-order valence-corrected chi connectivity index (χ1v) is 8.93. The van der Waals surface area contributed by atoms with Crippen LogP contribution in [0.15, 0.2) is 47.5 Å². The summed E-state index contributed by atoms with van der Waals surface area (Å²) in [5.74, 6) is 0. The molecule has 1 aliphatic heterocycles. The standard InChI is InChI=1S/C16H18N2O2S.ClH/c1-21(19,20)14-6-4-12(5-7-14)16-11-13(8-10-18-16)15-3-2-9-17-15;/h4-8,10-11,15,17H,2-3,9H2,1H3;1H. The molecule has 22 heavy (non-hydrogen) atoms. The van der Waals surface area contributed by atoms with Gasteiger partial charge in [-0.25, -0.2) is 8.42 Å². The molecule has 1 N–H and O–H groups in total. The van der Waals surface area contributed by atoms with Gasteiger partial charge in [-0.05, 0) is 49.2 Å². The molecule has 2 heterocycles. The number of nitrogens with zero attached hydrogens (tertiary/aromatic N) is 1. The van der Waals surface area contributed by atoms with E-state index in [1.165, 1.54) is 18.2 Å². The molecule has 1 unspecified atom stereocenters. The Bertz CT molecular complexity index is 739. The van der Waals surface area contributed by atoms with E-state index in [1.807, 2.05) is 24.4 Å². The lowest BCUT2D eigenvalue weighted by molar-refractivity contribution is 0.602. The van der Waals surface area contributed by atoms with E-state index in [9.17, 15) is 8.42 Å². The summed E-state index contributed by atoms with van der Waals surface area (Å²) in [6, 6.07) is 11.4. The van der Waals surface area contributed by atoms with Gasteiger partial charge in [-0.15, -0.1) is 12.4 Å². The molecule has 0 amide bonds. The Kier molecular flexibility index (Phi) is 5.21. The van der Waals surface area contributed by atoms with Crippen LogP contribution < -0.4 is 5.32 Å². The van der Waals surface area contributed by atoms with E-state index in [1.54, 1.807) is 12.1 Å². The average molecular weight is 339 g/mol. The van der Waals surface area contributed by atoms with Crippen molar-refractivity contribution in [1.82, 2.24) is 10.3 Å². The summed E-state index contributed by atoms with van der Waals surface area (Å²) in [6.07, 6.45) is 5.38. The highest BCUT2D eigenvalue weighted by atomic mass is 35.5. The second-order valence-electron chi connectivity index (χ2n) is 5.42. The van der Waals surface area contributed by atoms with E-state index < -0.39 is 9.84 Å². The van der Waals surface area contributed by atoms with Crippen molar-refractivity contribution in [3.63, 3.8) is 0 Å². The zero-order valence-electron chi connectivity index (χ0n) is 12.3. The minimum Gasteiger partial charge on any atom is -0.310 e. The van der Waals surface area contributed by atoms with Crippen LogP contribution in [0.3, 0.4) is 0 Å². The van der Waals surface area contributed by atoms with Gasteiger partial charge in [0.2, 0.25) is 0 Å². The zero-order chi connectivity index (χ0) is 14.9. The maximum Gasteiger partial charge on any atom is 0.175 e. The van der Waals surface area contributed by atoms with E-state index >= 15 is 0 Å². The largest absolute Gasteiger partial charge is 0.310 e. The summed E-state index contributed by atoms with van der Waals surface area (Å²) in [5.41, 5.74) is 3.05. The van der Waals surface area contributed by atoms with Gasteiger partial charge >= 0.3 is 0 Å². The highest BCUT2D eigenvalue weighted by Crippen LogP contribution is 2.26. The molecule has 1 fully saturated rings. The fourth-order valence-corrected chi connectivity index (χ4v) is 3.29. The molecule has 2 aromatic rings. The third-order valence-electron chi connectivity index (χ3n) is 3.82. The van der Waals surface area contributed by atoms with E-state index in [0.29, 0.717) is 10.9 Å². The molecule has 118 valence electrons. The lowest BCUT2D eigenvalue weighted by Crippen LogP contribution is -2.12. The Balaban J connectivity index is 0.00000176. The number of rotatable bonds is 3. The fraction of sp³-hybridized carbons (Fsp3) is 0.312. The van der Waals surface area contributed by atoms with Crippen molar-refractivity contribution >= 4 is 22.2 Å². The van der Waals surface area contributed by atoms with Crippen LogP contribution in [-0.2, 0) is 9.84 Å². The summed E-state index contributed by atoms with van der Waals surface area (Å²) in [4.78, 5) is 4.73. The first kappa shape index (κ1) is 16.9. The molecule has 4 nitrogen and oxygen atoms in total. The van der Waals surface area contributed by atoms with Gasteiger partial charge in [-0.1, -0.05) is 12.1 Å². The van der Waals surface area contributed by atoms with Crippen LogP contribution in [0, 0.1) is 0 Å². The molecule has 1 atom stereocenters. The molecule has 0 aliphatic carbocycles. The minimum absolute atomic E-state index is 0. The number of hydrogen-bond donors (Lipinski definition) is 1. The van der Waals surface area contributed by atoms with Gasteiger partial charge in [0, 0.05) is 24.1 Å². The van der Waals surface area contributed by atoms with Crippen molar-refractivity contribution in [2.75, 3.05) is 12.8 Å². The number of sulfone groups is 1. The topological polar surface area (TPSA) is 59.1 Å². The lowest BCUT2D eigenvalue weighted by atomic mass is 10.0. The number of pyridine rings is 1. The monoisotopic (exact) mass is 338 g/mol. The van der Waals surface area contributed by atoms with Crippen molar-refractivity contribution in [3.05, 3.63) is 48.2 Å². The first-order chi connectivity index (χ1) is 10.0. The van der Waals surface area contributed by atoms with Crippen molar-refractivity contribution in [2.45, 2.75) is 23.8 Å². The van der Waals surface area contributed by atoms with Crippen LogP contribution in [0.5, 0.6) is 0 Å². The van der Waals surface area contributed by atoms with Gasteiger partial charge in [-0.3, -0.25) is 4.98 Å². The quantitative estimate of drug-likeness (QED) is 0.934. The molecule has 0 radical (unpaired) electrons. The molecule has 1 saturated heterocycles. The summed E-state index contributed by atoms with van der Waals surface area (Å²) < 4.78 is 23.0. The number of halogens is 1. The average Bonchev–Trinajstić information content (AvgIpc) is 3.01. The highest BCUT2D eigenvalue weighted by Gasteiger charge is 2.16. The van der Waals surface area contributed by atoms with Gasteiger partial charge in [0.1, 0.15) is 0 Å². The normalized spacial score (nSPS) is 18.0. The molecule has 0 bridgehead atoms. The van der Waals surface area contributed by atoms with Gasteiger partial charge in [0.05, 0.1) is 10.6 Å². The Morgan fingerprint density at radius 1 is 1.18 bits per heavy atom. The maximum absolute atomic E-state index is 11.5. The molecular formula is C16H19ClN2O2S. The lowest BCUT2D eigenvalue weighted by Gasteiger charge is -2.11. The van der Waals surface area contributed by atoms with Crippen LogP contribution in [-0.4, -0.2) is 26.2 Å². The number of benzene rings is 1. The number of aromatic nitrogens is 1. The third-order valence-corrected chi connectivity index (χ3v) is 4.95. The first-order valence-electron chi connectivity index (χ1n) is 7.04. The van der Waals surface area contributed by atoms with E-state index in [-0.39, 0.29) is 12.4 Å². The van der Waals surface area contributed by atoms with Gasteiger partial charge in [0.25, 0.3) is 0 Å². The number of nitrogens with one attached hydrogen (secondary N) is 1. The molecule has 6 heteroatoms. The molecule has 0 spiro atoms. The van der Waals surface area contributed by atoms with Crippen LogP contribution in [0.2, 0.25) is 0 Å². The molecule has 3 rings (SSSR count). The second kappa shape index (κ2) is 6.77. The molecular weight excluding hydrogens is 320 g/mol. The smallest absolute Gasteiger partial charge is 0.175 e. The Morgan fingerprint density at radius 3 is 2.50 bits per heavy atom. The Labute approximate surface area is 137 Å². The van der Waals surface area contributed by atoms with Crippen LogP contribution >= 0.6 is 12.4 Å². The minimum atomic E-state index is -3.15. The Hall–Kier alpha value is -1.43. The Morgan fingerprint density at radius 2 is 1.91 bits per heavy atom. The molecule has 0 saturated carbocycles. The zero-order valence-corrected chi connectivity index (χ0v) is 14.0. The van der Waals surface area contributed by atoms with Crippen molar-refractivity contribution < 1.29 is 8.42 Å². The highest BCUT2D eigenvalue weighted by molar-refractivity contribution is 7.90. The summed E-state index contributed by atoms with van der Waals surface area (Å²) in [7, 11) is -3.15. The van der Waals surface area contributed by atoms with Crippen molar-refractivity contribution in [2.24, 2.45) is 0 Å². The summed E-state index contributed by atoms with van der Waals surface area (Å²) >= 11 is 0. The molecule has 1 aromatic heterocycles. The van der Waals surface area contributed by atoms with Crippen LogP contribution in [0.1, 0.15) is 24.4 Å². The fourth-order valence-electron chi connectivity index (χ4n) is 2.66. The van der Waals surface area contributed by atoms with Gasteiger partial charge in [0.15, 0.2) is 9.84 Å². The molecule has 1 aliphatic rings. The third kappa shape index (κ3) is 3.66. The maximum atomic E-state index is 11.5. The van der Waals surface area contributed by atoms with Crippen molar-refractivity contribution in [1.29, 1.82) is 0 Å². The summed E-state index contributed by atoms with van der Waals surface area (Å²) in [6.45, 7) is 1.06. The van der Waals surface area contributed by atoms with Crippen molar-refractivity contribution in [3.8, 4) is 11.3 Å². The number of hydrogen-bond acceptors (Lipinski definition) is 4. The van der Waals surface area contributed by atoms with Gasteiger partial charge < -0.3 is 5.32 Å². The second-order valence-corrected chi connectivity index (χ2v) is 7.44. The van der Waals surface area contributed by atoms with Crippen LogP contribution in [0.25, 0.3) is 11.3 Å². The predicted molar refractivity (Wildman–Crippen MR) is 90.0 cm³/mol. The van der Waals surface area contributed by atoms with E-state index in [2.05, 4.69) is 16.4 Å². The van der Waals surface area contributed by atoms with E-state index in [0.717, 1.165) is 24.2 Å². The van der Waals surface area contributed by atoms with Crippen LogP contribution in [0.4, 0.5) is 0 Å². The predicted octanol–water partition coefficient (Wildman–Crippen LogP) is 3.00. The van der Waals surface area contributed by atoms with E-state index in [4.69, 9.17) is 0 Å². The SMILES string of the molecule is CS(=O)(=O)c1ccc(-c2cc(C3CCCN3)ccn2)cc1.Cl.